The van der Waals surface area contributed by atoms with Crippen LogP contribution in [0.3, 0.4) is 0 Å². The van der Waals surface area contributed by atoms with Gasteiger partial charge in [0, 0.05) is 23.5 Å². The Morgan fingerprint density at radius 2 is 2.07 bits per heavy atom. The molecule has 4 nitrogen and oxygen atoms in total. The lowest BCUT2D eigenvalue weighted by molar-refractivity contribution is 0.0904. The summed E-state index contributed by atoms with van der Waals surface area (Å²) < 4.78 is 5.96. The number of hydrogen-bond acceptors (Lipinski definition) is 3. The molecule has 1 amide bonds. The third-order valence-corrected chi connectivity index (χ3v) is 6.37. The highest BCUT2D eigenvalue weighted by Crippen LogP contribution is 2.30. The standard InChI is InChI=1S/C23H24N2O2S/c1-2-23(12-6-3-7-13-23)25-22(26)21-20(11-15-28-21)27-14-10-17-16-24-19-9-5-4-8-18(17)19/h1,4-5,8-9,11,15-16,24H,3,6-7,10,12-14H2,(H,25,26). The first-order valence-electron chi connectivity index (χ1n) is 9.76. The van der Waals surface area contributed by atoms with E-state index in [-0.39, 0.29) is 5.91 Å². The normalized spacial score (nSPS) is 15.8. The molecule has 1 saturated carbocycles. The minimum Gasteiger partial charge on any atom is -0.492 e. The van der Waals surface area contributed by atoms with E-state index in [1.54, 1.807) is 0 Å². The summed E-state index contributed by atoms with van der Waals surface area (Å²) >= 11 is 1.39. The lowest BCUT2D eigenvalue weighted by atomic mass is 9.82. The Morgan fingerprint density at radius 3 is 2.89 bits per heavy atom. The number of carbonyl (C=O) groups excluding carboxylic acids is 1. The predicted molar refractivity (Wildman–Crippen MR) is 114 cm³/mol. The second-order valence-electron chi connectivity index (χ2n) is 7.31. The number of thiophene rings is 1. The second kappa shape index (κ2) is 8.12. The molecule has 1 aromatic carbocycles. The number of ether oxygens (including phenoxy) is 1. The molecule has 28 heavy (non-hydrogen) atoms. The van der Waals surface area contributed by atoms with Gasteiger partial charge in [0.2, 0.25) is 0 Å². The van der Waals surface area contributed by atoms with Gasteiger partial charge in [0.05, 0.1) is 6.61 Å². The van der Waals surface area contributed by atoms with E-state index in [4.69, 9.17) is 11.2 Å². The van der Waals surface area contributed by atoms with Gasteiger partial charge < -0.3 is 15.0 Å². The zero-order chi connectivity index (χ0) is 19.4. The van der Waals surface area contributed by atoms with E-state index in [1.807, 2.05) is 29.8 Å². The van der Waals surface area contributed by atoms with Gasteiger partial charge in [0.1, 0.15) is 16.2 Å². The number of rotatable bonds is 6. The first kappa shape index (κ1) is 18.6. The van der Waals surface area contributed by atoms with Crippen molar-refractivity contribution in [2.75, 3.05) is 6.61 Å². The van der Waals surface area contributed by atoms with E-state index in [2.05, 4.69) is 28.4 Å². The smallest absolute Gasteiger partial charge is 0.266 e. The molecule has 0 spiro atoms. The lowest BCUT2D eigenvalue weighted by Crippen LogP contribution is -2.48. The van der Waals surface area contributed by atoms with Crippen LogP contribution in [0.25, 0.3) is 10.9 Å². The van der Waals surface area contributed by atoms with Crippen molar-refractivity contribution >= 4 is 28.1 Å². The predicted octanol–water partition coefficient (Wildman–Crippen LogP) is 4.92. The van der Waals surface area contributed by atoms with Crippen molar-refractivity contribution in [3.05, 3.63) is 52.3 Å². The second-order valence-corrected chi connectivity index (χ2v) is 8.23. The van der Waals surface area contributed by atoms with E-state index in [9.17, 15) is 4.79 Å². The molecule has 0 radical (unpaired) electrons. The van der Waals surface area contributed by atoms with Gasteiger partial charge in [0.15, 0.2) is 0 Å². The molecule has 0 atom stereocenters. The Morgan fingerprint density at radius 1 is 1.25 bits per heavy atom. The first-order chi connectivity index (χ1) is 13.7. The van der Waals surface area contributed by atoms with Crippen LogP contribution in [0.5, 0.6) is 5.75 Å². The van der Waals surface area contributed by atoms with Crippen LogP contribution in [0.2, 0.25) is 0 Å². The number of hydrogen-bond donors (Lipinski definition) is 2. The summed E-state index contributed by atoms with van der Waals surface area (Å²) in [5, 5.41) is 6.20. The minimum absolute atomic E-state index is 0.128. The molecule has 0 bridgehead atoms. The fraction of sp³-hybridized carbons (Fsp3) is 0.348. The van der Waals surface area contributed by atoms with Crippen LogP contribution in [0.4, 0.5) is 0 Å². The van der Waals surface area contributed by atoms with Gasteiger partial charge >= 0.3 is 0 Å². The lowest BCUT2D eigenvalue weighted by Gasteiger charge is -2.33. The minimum atomic E-state index is -0.513. The molecule has 2 N–H and O–H groups in total. The van der Waals surface area contributed by atoms with E-state index in [0.29, 0.717) is 17.2 Å². The number of aromatic amines is 1. The summed E-state index contributed by atoms with van der Waals surface area (Å²) in [7, 11) is 0. The molecule has 0 unspecified atom stereocenters. The highest BCUT2D eigenvalue weighted by molar-refractivity contribution is 7.12. The largest absolute Gasteiger partial charge is 0.492 e. The molecule has 144 valence electrons. The zero-order valence-electron chi connectivity index (χ0n) is 15.8. The van der Waals surface area contributed by atoms with Crippen LogP contribution < -0.4 is 10.1 Å². The fourth-order valence-electron chi connectivity index (χ4n) is 3.92. The van der Waals surface area contributed by atoms with Gasteiger partial charge in [-0.3, -0.25) is 4.79 Å². The van der Waals surface area contributed by atoms with Crippen LogP contribution in [0, 0.1) is 12.3 Å². The van der Waals surface area contributed by atoms with Crippen molar-refractivity contribution in [3.8, 4) is 18.1 Å². The Kier molecular flexibility index (Phi) is 5.40. The topological polar surface area (TPSA) is 54.1 Å². The number of carbonyl (C=O) groups is 1. The average Bonchev–Trinajstić information content (AvgIpc) is 3.36. The van der Waals surface area contributed by atoms with Gasteiger partial charge in [-0.25, -0.2) is 0 Å². The maximum Gasteiger partial charge on any atom is 0.266 e. The molecular formula is C23H24N2O2S. The van der Waals surface area contributed by atoms with Crippen molar-refractivity contribution in [2.45, 2.75) is 44.1 Å². The van der Waals surface area contributed by atoms with Gasteiger partial charge in [-0.05, 0) is 35.9 Å². The highest BCUT2D eigenvalue weighted by Gasteiger charge is 2.32. The third kappa shape index (κ3) is 3.79. The van der Waals surface area contributed by atoms with Gasteiger partial charge in [0.25, 0.3) is 5.91 Å². The number of terminal acetylenes is 1. The van der Waals surface area contributed by atoms with Crippen LogP contribution >= 0.6 is 11.3 Å². The Labute approximate surface area is 169 Å². The third-order valence-electron chi connectivity index (χ3n) is 5.48. The average molecular weight is 393 g/mol. The fourth-order valence-corrected chi connectivity index (χ4v) is 4.65. The van der Waals surface area contributed by atoms with Gasteiger partial charge in [-0.2, -0.15) is 0 Å². The molecule has 1 aliphatic carbocycles. The number of H-pyrrole nitrogens is 1. The number of amides is 1. The van der Waals surface area contributed by atoms with Crippen molar-refractivity contribution < 1.29 is 9.53 Å². The molecule has 5 heteroatoms. The number of aromatic nitrogens is 1. The molecule has 0 saturated heterocycles. The quantitative estimate of drug-likeness (QED) is 0.585. The molecule has 2 heterocycles. The van der Waals surface area contributed by atoms with Crippen LogP contribution in [-0.2, 0) is 6.42 Å². The number of para-hydroxylation sites is 1. The molecule has 4 rings (SSSR count). The first-order valence-corrected chi connectivity index (χ1v) is 10.6. The summed E-state index contributed by atoms with van der Waals surface area (Å²) in [4.78, 5) is 16.7. The molecule has 0 aliphatic heterocycles. The monoisotopic (exact) mass is 392 g/mol. The Hall–Kier alpha value is -2.71. The van der Waals surface area contributed by atoms with E-state index in [0.717, 1.165) is 37.6 Å². The summed E-state index contributed by atoms with van der Waals surface area (Å²) in [6.45, 7) is 0.513. The SMILES string of the molecule is C#CC1(NC(=O)c2sccc2OCCc2c[nH]c3ccccc23)CCCCC1. The summed E-state index contributed by atoms with van der Waals surface area (Å²) in [6, 6.07) is 10.1. The Balaban J connectivity index is 1.40. The summed E-state index contributed by atoms with van der Waals surface area (Å²) in [6.07, 6.45) is 13.5. The van der Waals surface area contributed by atoms with Crippen LogP contribution in [0.15, 0.2) is 41.9 Å². The maximum absolute atomic E-state index is 12.8. The molecule has 1 fully saturated rings. The Bertz CT molecular complexity index is 1000. The molecule has 3 aromatic rings. The maximum atomic E-state index is 12.8. The van der Waals surface area contributed by atoms with Crippen molar-refractivity contribution in [1.29, 1.82) is 0 Å². The van der Waals surface area contributed by atoms with E-state index in [1.165, 1.54) is 28.7 Å². The van der Waals surface area contributed by atoms with Crippen molar-refractivity contribution in [2.24, 2.45) is 0 Å². The van der Waals surface area contributed by atoms with Crippen LogP contribution in [0.1, 0.15) is 47.3 Å². The number of fused-ring (bicyclic) bond motifs is 1. The number of benzene rings is 1. The molecule has 2 aromatic heterocycles. The highest BCUT2D eigenvalue weighted by atomic mass is 32.1. The number of nitrogens with one attached hydrogen (secondary N) is 2. The van der Waals surface area contributed by atoms with Gasteiger partial charge in [-0.1, -0.05) is 43.4 Å². The summed E-state index contributed by atoms with van der Waals surface area (Å²) in [5.74, 6) is 3.34. The molecule has 1 aliphatic rings. The van der Waals surface area contributed by atoms with E-state index < -0.39 is 5.54 Å². The summed E-state index contributed by atoms with van der Waals surface area (Å²) in [5.41, 5.74) is 1.83. The molecular weight excluding hydrogens is 368 g/mol. The van der Waals surface area contributed by atoms with Gasteiger partial charge in [-0.15, -0.1) is 17.8 Å². The van der Waals surface area contributed by atoms with Crippen LogP contribution in [-0.4, -0.2) is 23.0 Å². The van der Waals surface area contributed by atoms with Crippen molar-refractivity contribution in [3.63, 3.8) is 0 Å². The zero-order valence-corrected chi connectivity index (χ0v) is 16.6. The van der Waals surface area contributed by atoms with E-state index >= 15 is 0 Å². The van der Waals surface area contributed by atoms with Crippen molar-refractivity contribution in [1.82, 2.24) is 10.3 Å².